The van der Waals surface area contributed by atoms with Crippen molar-refractivity contribution in [2.24, 2.45) is 0 Å². The Morgan fingerprint density at radius 2 is 1.80 bits per heavy atom. The molecule has 0 aliphatic heterocycles. The second-order valence-electron chi connectivity index (χ2n) is 4.20. The van der Waals surface area contributed by atoms with E-state index in [4.69, 9.17) is 16.3 Å². The summed E-state index contributed by atoms with van der Waals surface area (Å²) in [5.41, 5.74) is 0. The molecule has 0 N–H and O–H groups in total. The number of hydrogen-bond donors (Lipinski definition) is 0. The molecule has 0 amide bonds. The van der Waals surface area contributed by atoms with Crippen LogP contribution in [0.5, 0.6) is 11.6 Å². The Morgan fingerprint density at radius 3 is 2.60 bits per heavy atom. The number of nitrogens with zero attached hydrogens (tertiary/aromatic N) is 1. The molecule has 100 valence electrons. The molecule has 0 unspecified atom stereocenters. The van der Waals surface area contributed by atoms with Gasteiger partial charge in [-0.05, 0) is 41.1 Å². The van der Waals surface area contributed by atoms with Gasteiger partial charge in [-0.15, -0.1) is 0 Å². The quantitative estimate of drug-likeness (QED) is 0.600. The number of fused-ring (bicyclic) bond motifs is 1. The molecule has 5 heteroatoms. The Kier molecular flexibility index (Phi) is 3.59. The molecule has 0 saturated heterocycles. The van der Waals surface area contributed by atoms with Crippen molar-refractivity contribution in [2.75, 3.05) is 0 Å². The number of pyridine rings is 1. The molecular formula is C15H8BrClFNO. The van der Waals surface area contributed by atoms with Crippen LogP contribution in [-0.2, 0) is 0 Å². The fourth-order valence-corrected chi connectivity index (χ4v) is 2.37. The highest BCUT2D eigenvalue weighted by Crippen LogP contribution is 2.28. The monoisotopic (exact) mass is 351 g/mol. The van der Waals surface area contributed by atoms with Gasteiger partial charge in [-0.25, -0.2) is 9.37 Å². The Morgan fingerprint density at radius 1 is 1.05 bits per heavy atom. The maximum absolute atomic E-state index is 13.6. The maximum Gasteiger partial charge on any atom is 0.255 e. The minimum Gasteiger partial charge on any atom is -0.436 e. The highest BCUT2D eigenvalue weighted by atomic mass is 79.9. The van der Waals surface area contributed by atoms with Gasteiger partial charge in [0.05, 0.1) is 5.02 Å². The standard InChI is InChI=1S/C15H8BrClFNO/c16-11-3-1-10-6-13(4-2-9(10)5-11)20-15-14(18)7-12(17)8-19-15/h1-8H. The normalized spacial score (nSPS) is 10.8. The van der Waals surface area contributed by atoms with Crippen LogP contribution in [-0.4, -0.2) is 4.98 Å². The smallest absolute Gasteiger partial charge is 0.255 e. The molecule has 3 aromatic rings. The van der Waals surface area contributed by atoms with Crippen LogP contribution in [0.25, 0.3) is 10.8 Å². The number of ether oxygens (including phenoxy) is 1. The third-order valence-electron chi connectivity index (χ3n) is 2.76. The van der Waals surface area contributed by atoms with E-state index in [1.165, 1.54) is 12.3 Å². The summed E-state index contributed by atoms with van der Waals surface area (Å²) in [7, 11) is 0. The van der Waals surface area contributed by atoms with E-state index in [0.29, 0.717) is 5.75 Å². The SMILES string of the molecule is Fc1cc(Cl)cnc1Oc1ccc2cc(Br)ccc2c1. The Hall–Kier alpha value is -1.65. The molecule has 0 spiro atoms. The van der Waals surface area contributed by atoms with Crippen LogP contribution in [0, 0.1) is 5.82 Å². The summed E-state index contributed by atoms with van der Waals surface area (Å²) in [5.74, 6) is -0.159. The van der Waals surface area contributed by atoms with Crippen molar-refractivity contribution in [1.82, 2.24) is 4.98 Å². The first kappa shape index (κ1) is 13.3. The van der Waals surface area contributed by atoms with Gasteiger partial charge in [0.1, 0.15) is 5.75 Å². The average Bonchev–Trinajstić information content (AvgIpc) is 2.42. The summed E-state index contributed by atoms with van der Waals surface area (Å²) in [4.78, 5) is 3.83. The van der Waals surface area contributed by atoms with Crippen LogP contribution in [0.15, 0.2) is 53.1 Å². The lowest BCUT2D eigenvalue weighted by Gasteiger charge is -2.07. The van der Waals surface area contributed by atoms with E-state index in [1.807, 2.05) is 30.3 Å². The van der Waals surface area contributed by atoms with Crippen LogP contribution < -0.4 is 4.74 Å². The Bertz CT molecular complexity index is 794. The van der Waals surface area contributed by atoms with Gasteiger partial charge in [0.15, 0.2) is 5.82 Å². The molecule has 1 heterocycles. The third kappa shape index (κ3) is 2.76. The molecule has 0 fully saturated rings. The summed E-state index contributed by atoms with van der Waals surface area (Å²) >= 11 is 9.07. The van der Waals surface area contributed by atoms with Crippen molar-refractivity contribution in [2.45, 2.75) is 0 Å². The van der Waals surface area contributed by atoms with Gasteiger partial charge in [-0.3, -0.25) is 0 Å². The fourth-order valence-electron chi connectivity index (χ4n) is 1.85. The summed E-state index contributed by atoms with van der Waals surface area (Å²) in [6.07, 6.45) is 1.35. The van der Waals surface area contributed by atoms with Gasteiger partial charge in [0.25, 0.3) is 5.88 Å². The molecule has 2 nitrogen and oxygen atoms in total. The van der Waals surface area contributed by atoms with Crippen molar-refractivity contribution < 1.29 is 9.13 Å². The highest BCUT2D eigenvalue weighted by Gasteiger charge is 2.07. The largest absolute Gasteiger partial charge is 0.436 e. The van der Waals surface area contributed by atoms with Gasteiger partial charge in [-0.1, -0.05) is 39.7 Å². The van der Waals surface area contributed by atoms with E-state index < -0.39 is 5.82 Å². The number of aromatic nitrogens is 1. The zero-order valence-electron chi connectivity index (χ0n) is 10.1. The topological polar surface area (TPSA) is 22.1 Å². The fraction of sp³-hybridized carbons (Fsp3) is 0. The van der Waals surface area contributed by atoms with E-state index >= 15 is 0 Å². The van der Waals surface area contributed by atoms with E-state index in [1.54, 1.807) is 6.07 Å². The number of halogens is 3. The van der Waals surface area contributed by atoms with Gasteiger partial charge >= 0.3 is 0 Å². The van der Waals surface area contributed by atoms with E-state index in [-0.39, 0.29) is 10.9 Å². The van der Waals surface area contributed by atoms with Crippen LogP contribution in [0.3, 0.4) is 0 Å². The minimum atomic E-state index is -0.589. The van der Waals surface area contributed by atoms with Gasteiger partial charge in [-0.2, -0.15) is 0 Å². The summed E-state index contributed by atoms with van der Waals surface area (Å²) in [6.45, 7) is 0. The zero-order chi connectivity index (χ0) is 14.1. The van der Waals surface area contributed by atoms with Gasteiger partial charge in [0, 0.05) is 10.7 Å². The second kappa shape index (κ2) is 5.38. The first-order valence-corrected chi connectivity index (χ1v) is 6.97. The summed E-state index contributed by atoms with van der Waals surface area (Å²) < 4.78 is 20.1. The van der Waals surface area contributed by atoms with E-state index in [0.717, 1.165) is 15.2 Å². The highest BCUT2D eigenvalue weighted by molar-refractivity contribution is 9.10. The van der Waals surface area contributed by atoms with Crippen molar-refractivity contribution in [3.63, 3.8) is 0 Å². The van der Waals surface area contributed by atoms with Crippen molar-refractivity contribution in [3.05, 3.63) is 64.0 Å². The molecule has 0 bridgehead atoms. The number of benzene rings is 2. The van der Waals surface area contributed by atoms with Crippen LogP contribution >= 0.6 is 27.5 Å². The lowest BCUT2D eigenvalue weighted by atomic mass is 10.1. The molecule has 2 aromatic carbocycles. The van der Waals surface area contributed by atoms with E-state index in [9.17, 15) is 4.39 Å². The zero-order valence-corrected chi connectivity index (χ0v) is 12.5. The molecule has 0 radical (unpaired) electrons. The predicted molar refractivity (Wildman–Crippen MR) is 80.9 cm³/mol. The number of hydrogen-bond acceptors (Lipinski definition) is 2. The minimum absolute atomic E-state index is 0.0918. The first-order valence-electron chi connectivity index (χ1n) is 5.80. The summed E-state index contributed by atoms with van der Waals surface area (Å²) in [6, 6.07) is 12.6. The van der Waals surface area contributed by atoms with E-state index in [2.05, 4.69) is 20.9 Å². The van der Waals surface area contributed by atoms with Crippen molar-refractivity contribution >= 4 is 38.3 Å². The Labute approximate surface area is 128 Å². The second-order valence-corrected chi connectivity index (χ2v) is 5.55. The van der Waals surface area contributed by atoms with Crippen LogP contribution in [0.1, 0.15) is 0 Å². The lowest BCUT2D eigenvalue weighted by molar-refractivity contribution is 0.423. The van der Waals surface area contributed by atoms with Crippen molar-refractivity contribution in [3.8, 4) is 11.6 Å². The lowest BCUT2D eigenvalue weighted by Crippen LogP contribution is -1.91. The summed E-state index contributed by atoms with van der Waals surface area (Å²) in [5, 5.41) is 2.30. The third-order valence-corrected chi connectivity index (χ3v) is 3.46. The predicted octanol–water partition coefficient (Wildman–Crippen LogP) is 5.58. The van der Waals surface area contributed by atoms with Crippen LogP contribution in [0.2, 0.25) is 5.02 Å². The molecule has 3 rings (SSSR count). The first-order chi connectivity index (χ1) is 9.61. The molecule has 0 aliphatic carbocycles. The molecule has 0 aliphatic rings. The number of rotatable bonds is 2. The molecular weight excluding hydrogens is 345 g/mol. The van der Waals surface area contributed by atoms with Gasteiger partial charge < -0.3 is 4.74 Å². The average molecular weight is 353 g/mol. The molecule has 0 atom stereocenters. The molecule has 0 saturated carbocycles. The maximum atomic E-state index is 13.6. The van der Waals surface area contributed by atoms with Gasteiger partial charge in [0.2, 0.25) is 0 Å². The van der Waals surface area contributed by atoms with Crippen LogP contribution in [0.4, 0.5) is 4.39 Å². The molecule has 20 heavy (non-hydrogen) atoms. The molecule has 1 aromatic heterocycles. The Balaban J connectivity index is 1.96. The van der Waals surface area contributed by atoms with Crippen molar-refractivity contribution in [1.29, 1.82) is 0 Å².